The zero-order chi connectivity index (χ0) is 12.8. The van der Waals surface area contributed by atoms with Gasteiger partial charge in [0.15, 0.2) is 0 Å². The molecule has 3 aliphatic carbocycles. The molecule has 4 unspecified atom stereocenters. The summed E-state index contributed by atoms with van der Waals surface area (Å²) in [5, 5.41) is 3.80. The highest BCUT2D eigenvalue weighted by Crippen LogP contribution is 2.56. The van der Waals surface area contributed by atoms with Crippen LogP contribution >= 0.6 is 0 Å². The number of hydrogen-bond donors (Lipinski definition) is 1. The lowest BCUT2D eigenvalue weighted by Crippen LogP contribution is -2.38. The van der Waals surface area contributed by atoms with Gasteiger partial charge < -0.3 is 5.32 Å². The molecular weight excluding hydrogens is 230 g/mol. The maximum atomic E-state index is 3.80. The minimum Gasteiger partial charge on any atom is -0.314 e. The van der Waals surface area contributed by atoms with Crippen molar-refractivity contribution in [2.45, 2.75) is 51.0 Å². The third kappa shape index (κ3) is 2.12. The van der Waals surface area contributed by atoms with Crippen LogP contribution in [0.25, 0.3) is 0 Å². The van der Waals surface area contributed by atoms with Gasteiger partial charge in [0.05, 0.1) is 0 Å². The van der Waals surface area contributed by atoms with Crippen LogP contribution in [0.4, 0.5) is 0 Å². The van der Waals surface area contributed by atoms with Crippen molar-refractivity contribution in [3.8, 4) is 0 Å². The van der Waals surface area contributed by atoms with Gasteiger partial charge in [0, 0.05) is 6.04 Å². The summed E-state index contributed by atoms with van der Waals surface area (Å²) in [6.45, 7) is 3.39. The van der Waals surface area contributed by atoms with Crippen LogP contribution < -0.4 is 5.32 Å². The molecule has 2 fully saturated rings. The minimum absolute atomic E-state index is 0.774. The molecule has 0 heterocycles. The molecule has 19 heavy (non-hydrogen) atoms. The van der Waals surface area contributed by atoms with E-state index in [9.17, 15) is 0 Å². The third-order valence-corrected chi connectivity index (χ3v) is 5.82. The van der Waals surface area contributed by atoms with Crippen molar-refractivity contribution >= 4 is 0 Å². The van der Waals surface area contributed by atoms with Crippen LogP contribution in [0, 0.1) is 17.8 Å². The SMILES string of the molecule is CCNC(CC1Cc2ccccc21)C1CC2CC2C1. The molecule has 0 spiro atoms. The second kappa shape index (κ2) is 4.63. The molecule has 102 valence electrons. The topological polar surface area (TPSA) is 12.0 Å². The second-order valence-electron chi connectivity index (χ2n) is 6.99. The van der Waals surface area contributed by atoms with Gasteiger partial charge >= 0.3 is 0 Å². The highest BCUT2D eigenvalue weighted by molar-refractivity contribution is 5.40. The molecule has 0 saturated heterocycles. The average Bonchev–Trinajstić information content (AvgIpc) is 3.01. The normalized spacial score (nSPS) is 36.3. The van der Waals surface area contributed by atoms with E-state index in [0.29, 0.717) is 0 Å². The van der Waals surface area contributed by atoms with Crippen LogP contribution in [-0.2, 0) is 6.42 Å². The van der Waals surface area contributed by atoms with E-state index in [-0.39, 0.29) is 0 Å². The molecule has 0 aliphatic heterocycles. The van der Waals surface area contributed by atoms with Crippen molar-refractivity contribution in [1.29, 1.82) is 0 Å². The zero-order valence-electron chi connectivity index (χ0n) is 11.9. The summed E-state index contributed by atoms with van der Waals surface area (Å²) in [5.41, 5.74) is 3.23. The van der Waals surface area contributed by atoms with Crippen LogP contribution in [-0.4, -0.2) is 12.6 Å². The number of nitrogens with one attached hydrogen (secondary N) is 1. The van der Waals surface area contributed by atoms with Crippen molar-refractivity contribution in [1.82, 2.24) is 5.32 Å². The van der Waals surface area contributed by atoms with Gasteiger partial charge in [0.1, 0.15) is 0 Å². The monoisotopic (exact) mass is 255 g/mol. The predicted molar refractivity (Wildman–Crippen MR) is 79.3 cm³/mol. The summed E-state index contributed by atoms with van der Waals surface area (Å²) >= 11 is 0. The van der Waals surface area contributed by atoms with Gasteiger partial charge in [-0.05, 0) is 73.4 Å². The Morgan fingerprint density at radius 1 is 1.16 bits per heavy atom. The summed E-state index contributed by atoms with van der Waals surface area (Å²) < 4.78 is 0. The molecule has 0 amide bonds. The summed E-state index contributed by atoms with van der Waals surface area (Å²) in [6, 6.07) is 9.81. The molecule has 4 rings (SSSR count). The minimum atomic E-state index is 0.774. The molecule has 1 aromatic rings. The second-order valence-corrected chi connectivity index (χ2v) is 6.99. The molecule has 0 aromatic heterocycles. The van der Waals surface area contributed by atoms with Crippen molar-refractivity contribution in [2.75, 3.05) is 6.54 Å². The van der Waals surface area contributed by atoms with Crippen LogP contribution in [0.15, 0.2) is 24.3 Å². The predicted octanol–water partition coefficient (Wildman–Crippen LogP) is 3.74. The van der Waals surface area contributed by atoms with Gasteiger partial charge in [0.2, 0.25) is 0 Å². The van der Waals surface area contributed by atoms with E-state index in [4.69, 9.17) is 0 Å². The Bertz CT molecular complexity index is 457. The van der Waals surface area contributed by atoms with Crippen LogP contribution in [0.5, 0.6) is 0 Å². The molecule has 4 atom stereocenters. The van der Waals surface area contributed by atoms with Crippen LogP contribution in [0.2, 0.25) is 0 Å². The maximum Gasteiger partial charge on any atom is 0.0101 e. The number of rotatable bonds is 5. The maximum absolute atomic E-state index is 3.80. The van der Waals surface area contributed by atoms with Crippen molar-refractivity contribution in [3.05, 3.63) is 35.4 Å². The largest absolute Gasteiger partial charge is 0.314 e. The summed E-state index contributed by atoms with van der Waals surface area (Å²) in [5.74, 6) is 4.02. The quantitative estimate of drug-likeness (QED) is 0.845. The Morgan fingerprint density at radius 2 is 1.95 bits per heavy atom. The van der Waals surface area contributed by atoms with Gasteiger partial charge in [-0.25, -0.2) is 0 Å². The summed E-state index contributed by atoms with van der Waals surface area (Å²) in [6.07, 6.45) is 7.25. The van der Waals surface area contributed by atoms with E-state index in [0.717, 1.165) is 36.3 Å². The molecule has 0 radical (unpaired) electrons. The highest BCUT2D eigenvalue weighted by Gasteiger charge is 2.48. The van der Waals surface area contributed by atoms with Crippen molar-refractivity contribution < 1.29 is 0 Å². The van der Waals surface area contributed by atoms with Gasteiger partial charge in [-0.3, -0.25) is 0 Å². The Hall–Kier alpha value is -0.820. The molecule has 1 heteroatoms. The van der Waals surface area contributed by atoms with E-state index in [2.05, 4.69) is 36.5 Å². The van der Waals surface area contributed by atoms with E-state index >= 15 is 0 Å². The van der Waals surface area contributed by atoms with E-state index in [1.54, 1.807) is 17.5 Å². The molecule has 3 aliphatic rings. The lowest BCUT2D eigenvalue weighted by Gasteiger charge is -2.36. The fourth-order valence-corrected chi connectivity index (χ4v) is 4.67. The Morgan fingerprint density at radius 3 is 2.68 bits per heavy atom. The summed E-state index contributed by atoms with van der Waals surface area (Å²) in [7, 11) is 0. The number of benzene rings is 1. The van der Waals surface area contributed by atoms with Gasteiger partial charge in [-0.15, -0.1) is 0 Å². The molecule has 1 nitrogen and oxygen atoms in total. The van der Waals surface area contributed by atoms with Gasteiger partial charge in [-0.2, -0.15) is 0 Å². The van der Waals surface area contributed by atoms with E-state index in [1.165, 1.54) is 25.7 Å². The third-order valence-electron chi connectivity index (χ3n) is 5.82. The van der Waals surface area contributed by atoms with Crippen molar-refractivity contribution in [3.63, 3.8) is 0 Å². The molecular formula is C18H25N. The first kappa shape index (κ1) is 12.0. The van der Waals surface area contributed by atoms with Crippen LogP contribution in [0.3, 0.4) is 0 Å². The molecule has 0 bridgehead atoms. The molecule has 1 N–H and O–H groups in total. The lowest BCUT2D eigenvalue weighted by molar-refractivity contribution is 0.298. The number of hydrogen-bond acceptors (Lipinski definition) is 1. The number of fused-ring (bicyclic) bond motifs is 2. The Labute approximate surface area is 116 Å². The fourth-order valence-electron chi connectivity index (χ4n) is 4.67. The van der Waals surface area contributed by atoms with Crippen molar-refractivity contribution in [2.24, 2.45) is 17.8 Å². The smallest absolute Gasteiger partial charge is 0.0101 e. The van der Waals surface area contributed by atoms with E-state index < -0.39 is 0 Å². The highest BCUT2D eigenvalue weighted by atomic mass is 14.9. The Balaban J connectivity index is 1.42. The molecule has 2 saturated carbocycles. The first-order chi connectivity index (χ1) is 9.35. The van der Waals surface area contributed by atoms with Gasteiger partial charge in [-0.1, -0.05) is 31.2 Å². The zero-order valence-corrected chi connectivity index (χ0v) is 11.9. The molecule has 1 aromatic carbocycles. The fraction of sp³-hybridized carbons (Fsp3) is 0.667. The Kier molecular flexibility index (Phi) is 2.91. The van der Waals surface area contributed by atoms with Crippen LogP contribution in [0.1, 0.15) is 49.7 Å². The standard InChI is InChI=1S/C18H25N/c1-2-19-18(16-9-13-8-14(13)10-16)11-15-7-12-5-3-4-6-17(12)15/h3-6,13-16,18-19H,2,7-11H2,1H3. The average molecular weight is 255 g/mol. The lowest BCUT2D eigenvalue weighted by atomic mass is 9.72. The summed E-state index contributed by atoms with van der Waals surface area (Å²) in [4.78, 5) is 0. The van der Waals surface area contributed by atoms with Gasteiger partial charge in [0.25, 0.3) is 0 Å². The first-order valence-electron chi connectivity index (χ1n) is 8.16. The van der Waals surface area contributed by atoms with E-state index in [1.807, 2.05) is 0 Å². The first-order valence-corrected chi connectivity index (χ1v) is 8.16.